The molecular formula is C23H19NO2S. The Morgan fingerprint density at radius 2 is 1.67 bits per heavy atom. The number of ketones is 2. The van der Waals surface area contributed by atoms with Crippen molar-refractivity contribution in [2.24, 2.45) is 10.9 Å². The van der Waals surface area contributed by atoms with E-state index in [9.17, 15) is 9.59 Å². The molecule has 134 valence electrons. The standard InChI is InChI=1S/C23H19NO2S/c1-27-14-11-9-13(10-12-14)19-20-17(7-4-8-18(20)25)24-22-15-5-2-3-6-16(15)23(26)21(19)22/h2-3,5-6,9-12,19-20H,4,7-8H2,1H3/t19-,20?/m0/s1. The van der Waals surface area contributed by atoms with E-state index < -0.39 is 0 Å². The molecule has 1 aliphatic heterocycles. The van der Waals surface area contributed by atoms with E-state index in [1.807, 2.05) is 30.5 Å². The zero-order valence-corrected chi connectivity index (χ0v) is 15.9. The van der Waals surface area contributed by atoms with Crippen molar-refractivity contribution >= 4 is 34.7 Å². The zero-order valence-electron chi connectivity index (χ0n) is 15.1. The average molecular weight is 373 g/mol. The fraction of sp³-hybridized carbons (Fsp3) is 0.261. The van der Waals surface area contributed by atoms with Crippen molar-refractivity contribution in [3.8, 4) is 0 Å². The van der Waals surface area contributed by atoms with Gasteiger partial charge in [-0.25, -0.2) is 0 Å². The first kappa shape index (κ1) is 16.7. The van der Waals surface area contributed by atoms with Crippen molar-refractivity contribution < 1.29 is 9.59 Å². The van der Waals surface area contributed by atoms with Gasteiger partial charge >= 0.3 is 0 Å². The molecule has 0 spiro atoms. The van der Waals surface area contributed by atoms with Gasteiger partial charge in [0.2, 0.25) is 0 Å². The average Bonchev–Trinajstić information content (AvgIpc) is 2.99. The molecule has 4 heteroatoms. The molecule has 3 nitrogen and oxygen atoms in total. The molecule has 0 radical (unpaired) electrons. The Balaban J connectivity index is 1.72. The molecule has 0 saturated heterocycles. The Kier molecular flexibility index (Phi) is 3.90. The van der Waals surface area contributed by atoms with Crippen molar-refractivity contribution in [2.45, 2.75) is 30.1 Å². The monoisotopic (exact) mass is 373 g/mol. The molecule has 2 aromatic rings. The predicted octanol–water partition coefficient (Wildman–Crippen LogP) is 4.92. The first-order chi connectivity index (χ1) is 13.2. The van der Waals surface area contributed by atoms with Crippen molar-refractivity contribution in [2.75, 3.05) is 6.26 Å². The van der Waals surface area contributed by atoms with E-state index in [0.29, 0.717) is 17.6 Å². The summed E-state index contributed by atoms with van der Waals surface area (Å²) in [6.07, 6.45) is 4.31. The van der Waals surface area contributed by atoms with Gasteiger partial charge in [-0.2, -0.15) is 0 Å². The minimum absolute atomic E-state index is 0.0284. The van der Waals surface area contributed by atoms with Crippen LogP contribution in [-0.4, -0.2) is 23.5 Å². The van der Waals surface area contributed by atoms with Crippen LogP contribution in [0, 0.1) is 5.92 Å². The minimum atomic E-state index is -0.295. The van der Waals surface area contributed by atoms with Gasteiger partial charge in [-0.05, 0) is 36.8 Å². The van der Waals surface area contributed by atoms with Crippen LogP contribution in [-0.2, 0) is 4.79 Å². The lowest BCUT2D eigenvalue weighted by molar-refractivity contribution is -0.121. The maximum absolute atomic E-state index is 13.3. The van der Waals surface area contributed by atoms with E-state index in [2.05, 4.69) is 24.3 Å². The molecule has 3 aliphatic rings. The summed E-state index contributed by atoms with van der Waals surface area (Å²) in [5.41, 5.74) is 5.10. The Labute approximate surface area is 162 Å². The maximum Gasteiger partial charge on any atom is 0.192 e. The van der Waals surface area contributed by atoms with Gasteiger partial charge in [0.1, 0.15) is 5.78 Å². The summed E-state index contributed by atoms with van der Waals surface area (Å²) in [6.45, 7) is 0. The Bertz CT molecular complexity index is 1030. The number of benzene rings is 2. The van der Waals surface area contributed by atoms with Crippen LogP contribution in [0.5, 0.6) is 0 Å². The highest BCUT2D eigenvalue weighted by molar-refractivity contribution is 7.98. The molecule has 0 amide bonds. The van der Waals surface area contributed by atoms with E-state index in [1.165, 1.54) is 4.90 Å². The van der Waals surface area contributed by atoms with Crippen LogP contribution in [0.4, 0.5) is 0 Å². The third-order valence-corrected chi connectivity index (χ3v) is 6.61. The van der Waals surface area contributed by atoms with Gasteiger partial charge in [0.05, 0.1) is 11.6 Å². The number of Topliss-reactive ketones (excluding diaryl/α,β-unsaturated/α-hetero) is 2. The lowest BCUT2D eigenvalue weighted by Gasteiger charge is -2.34. The predicted molar refractivity (Wildman–Crippen MR) is 108 cm³/mol. The van der Waals surface area contributed by atoms with Crippen molar-refractivity contribution in [3.05, 3.63) is 70.8 Å². The van der Waals surface area contributed by atoms with Crippen LogP contribution in [0.3, 0.4) is 0 Å². The maximum atomic E-state index is 13.3. The summed E-state index contributed by atoms with van der Waals surface area (Å²) in [5, 5.41) is 0. The normalized spacial score (nSPS) is 23.7. The first-order valence-electron chi connectivity index (χ1n) is 9.31. The summed E-state index contributed by atoms with van der Waals surface area (Å²) >= 11 is 1.69. The van der Waals surface area contributed by atoms with E-state index >= 15 is 0 Å². The van der Waals surface area contributed by atoms with Crippen LogP contribution in [0.15, 0.2) is 64.0 Å². The van der Waals surface area contributed by atoms with Gasteiger partial charge < -0.3 is 0 Å². The second-order valence-corrected chi connectivity index (χ2v) is 8.17. The molecule has 1 saturated carbocycles. The lowest BCUT2D eigenvalue weighted by Crippen LogP contribution is -2.37. The summed E-state index contributed by atoms with van der Waals surface area (Å²) in [4.78, 5) is 32.2. The molecule has 2 atom stereocenters. The summed E-state index contributed by atoms with van der Waals surface area (Å²) in [5.74, 6) is -0.276. The number of fused-ring (bicyclic) bond motifs is 3. The smallest absolute Gasteiger partial charge is 0.192 e. The number of carbonyl (C=O) groups excluding carboxylic acids is 2. The Morgan fingerprint density at radius 1 is 0.926 bits per heavy atom. The van der Waals surface area contributed by atoms with E-state index in [0.717, 1.165) is 35.4 Å². The number of thioether (sulfide) groups is 1. The van der Waals surface area contributed by atoms with E-state index in [4.69, 9.17) is 4.99 Å². The van der Waals surface area contributed by atoms with E-state index in [-0.39, 0.29) is 23.4 Å². The summed E-state index contributed by atoms with van der Waals surface area (Å²) in [6, 6.07) is 16.0. The zero-order chi connectivity index (χ0) is 18.5. The van der Waals surface area contributed by atoms with Crippen LogP contribution in [0.2, 0.25) is 0 Å². The molecule has 0 N–H and O–H groups in total. The number of carbonyl (C=O) groups is 2. The van der Waals surface area contributed by atoms with Gasteiger partial charge in [0.25, 0.3) is 0 Å². The van der Waals surface area contributed by atoms with Crippen LogP contribution in [0.1, 0.15) is 46.7 Å². The molecule has 5 rings (SSSR count). The fourth-order valence-corrected chi connectivity index (χ4v) is 5.03. The van der Waals surface area contributed by atoms with Gasteiger partial charge in [0.15, 0.2) is 5.78 Å². The molecule has 0 bridgehead atoms. The van der Waals surface area contributed by atoms with Gasteiger partial charge in [-0.3, -0.25) is 14.6 Å². The van der Waals surface area contributed by atoms with Gasteiger partial charge in [-0.15, -0.1) is 11.8 Å². The number of aliphatic imine (C=N–C) groups is 1. The van der Waals surface area contributed by atoms with Crippen LogP contribution in [0.25, 0.3) is 5.70 Å². The molecule has 1 heterocycles. The highest BCUT2D eigenvalue weighted by Gasteiger charge is 2.46. The molecule has 2 aliphatic carbocycles. The van der Waals surface area contributed by atoms with Crippen molar-refractivity contribution in [3.63, 3.8) is 0 Å². The number of allylic oxidation sites excluding steroid dienone is 1. The third-order valence-electron chi connectivity index (χ3n) is 5.86. The number of nitrogens with zero attached hydrogens (tertiary/aromatic N) is 1. The van der Waals surface area contributed by atoms with Gasteiger partial charge in [0, 0.05) is 39.6 Å². The highest BCUT2D eigenvalue weighted by Crippen LogP contribution is 2.49. The third kappa shape index (κ3) is 2.47. The second-order valence-electron chi connectivity index (χ2n) is 7.29. The Morgan fingerprint density at radius 3 is 2.41 bits per heavy atom. The molecule has 1 unspecified atom stereocenters. The quantitative estimate of drug-likeness (QED) is 0.702. The summed E-state index contributed by atoms with van der Waals surface area (Å²) in [7, 11) is 0. The minimum Gasteiger partial charge on any atom is -0.299 e. The molecular weight excluding hydrogens is 354 g/mol. The van der Waals surface area contributed by atoms with Crippen molar-refractivity contribution in [1.82, 2.24) is 0 Å². The van der Waals surface area contributed by atoms with Crippen LogP contribution < -0.4 is 0 Å². The number of hydrogen-bond acceptors (Lipinski definition) is 4. The molecule has 27 heavy (non-hydrogen) atoms. The molecule has 1 fully saturated rings. The molecule has 0 aromatic heterocycles. The first-order valence-corrected chi connectivity index (χ1v) is 10.5. The molecule has 2 aromatic carbocycles. The number of hydrogen-bond donors (Lipinski definition) is 0. The summed E-state index contributed by atoms with van der Waals surface area (Å²) < 4.78 is 0. The SMILES string of the molecule is CSc1ccc([C@@H]2C3=C(N=C4CCCC(=O)C42)c2ccccc2C3=O)cc1. The number of rotatable bonds is 2. The van der Waals surface area contributed by atoms with E-state index in [1.54, 1.807) is 11.8 Å². The second kappa shape index (κ2) is 6.31. The lowest BCUT2D eigenvalue weighted by atomic mass is 9.69. The van der Waals surface area contributed by atoms with Gasteiger partial charge in [-0.1, -0.05) is 36.4 Å². The largest absolute Gasteiger partial charge is 0.299 e. The highest BCUT2D eigenvalue weighted by atomic mass is 32.2. The van der Waals surface area contributed by atoms with Crippen molar-refractivity contribution in [1.29, 1.82) is 0 Å². The van der Waals surface area contributed by atoms with Crippen LogP contribution >= 0.6 is 11.8 Å². The topological polar surface area (TPSA) is 46.5 Å². The Hall–Kier alpha value is -2.46. The fourth-order valence-electron chi connectivity index (χ4n) is 4.62.